The van der Waals surface area contributed by atoms with Crippen molar-refractivity contribution in [3.05, 3.63) is 108 Å². The lowest BCUT2D eigenvalue weighted by Gasteiger charge is -2.32. The summed E-state index contributed by atoms with van der Waals surface area (Å²) in [4.78, 5) is 8.72. The van der Waals surface area contributed by atoms with Crippen LogP contribution in [0, 0.1) is 5.92 Å². The van der Waals surface area contributed by atoms with E-state index in [1.54, 1.807) is 0 Å². The number of rotatable bonds is 5. The Balaban J connectivity index is 1.86. The van der Waals surface area contributed by atoms with E-state index in [0.717, 1.165) is 18.4 Å². The zero-order valence-electron chi connectivity index (χ0n) is 16.5. The van der Waals surface area contributed by atoms with Gasteiger partial charge in [-0.1, -0.05) is 62.4 Å². The highest BCUT2D eigenvalue weighted by Gasteiger charge is 2.29. The fourth-order valence-corrected chi connectivity index (χ4v) is 4.19. The summed E-state index contributed by atoms with van der Waals surface area (Å²) in [6.45, 7) is 4.50. The average molecular weight is 367 g/mol. The molecule has 0 spiro atoms. The van der Waals surface area contributed by atoms with Crippen LogP contribution < -0.4 is 0 Å². The summed E-state index contributed by atoms with van der Waals surface area (Å²) in [6.07, 6.45) is 14.5. The van der Waals surface area contributed by atoms with Gasteiger partial charge in [-0.3, -0.25) is 9.97 Å². The predicted molar refractivity (Wildman–Crippen MR) is 117 cm³/mol. The molecule has 1 aliphatic carbocycles. The molecular formula is C26H26N2. The van der Waals surface area contributed by atoms with Crippen LogP contribution in [0.3, 0.4) is 0 Å². The summed E-state index contributed by atoms with van der Waals surface area (Å²) in [5.41, 5.74) is 7.76. The molecule has 2 nitrogen and oxygen atoms in total. The zero-order valence-corrected chi connectivity index (χ0v) is 16.5. The Bertz CT molecular complexity index is 987. The van der Waals surface area contributed by atoms with Crippen molar-refractivity contribution in [3.63, 3.8) is 0 Å². The second kappa shape index (κ2) is 8.35. The smallest absolute Gasteiger partial charge is 0.0346 e. The molecule has 2 unspecified atom stereocenters. The van der Waals surface area contributed by atoms with Gasteiger partial charge in [-0.25, -0.2) is 0 Å². The number of hydrogen-bond donors (Lipinski definition) is 0. The van der Waals surface area contributed by atoms with Gasteiger partial charge in [0.25, 0.3) is 0 Å². The van der Waals surface area contributed by atoms with Crippen molar-refractivity contribution >= 4 is 11.1 Å². The number of aromatic nitrogens is 2. The minimum absolute atomic E-state index is 0.340. The van der Waals surface area contributed by atoms with Crippen LogP contribution in [0.4, 0.5) is 0 Å². The molecule has 2 atom stereocenters. The number of allylic oxidation sites excluding steroid dienone is 4. The lowest BCUT2D eigenvalue weighted by molar-refractivity contribution is 0.577. The summed E-state index contributed by atoms with van der Waals surface area (Å²) in [5.74, 6) is 0.767. The van der Waals surface area contributed by atoms with E-state index in [2.05, 4.69) is 72.4 Å². The van der Waals surface area contributed by atoms with Crippen molar-refractivity contribution in [1.29, 1.82) is 0 Å². The quantitative estimate of drug-likeness (QED) is 0.527. The van der Waals surface area contributed by atoms with Crippen LogP contribution in [0.15, 0.2) is 85.5 Å². The molecule has 0 fully saturated rings. The molecule has 4 rings (SSSR count). The molecule has 3 aromatic rings. The minimum Gasteiger partial charge on any atom is -0.264 e. The van der Waals surface area contributed by atoms with Gasteiger partial charge in [0, 0.05) is 30.7 Å². The maximum atomic E-state index is 4.38. The summed E-state index contributed by atoms with van der Waals surface area (Å²) in [5, 5.41) is 0. The Kier molecular flexibility index (Phi) is 5.48. The van der Waals surface area contributed by atoms with Gasteiger partial charge in [0.15, 0.2) is 0 Å². The van der Waals surface area contributed by atoms with E-state index in [0.29, 0.717) is 11.8 Å². The Hall–Kier alpha value is -3.00. The second-order valence-electron chi connectivity index (χ2n) is 7.34. The molecule has 140 valence electrons. The highest BCUT2D eigenvalue weighted by molar-refractivity contribution is 5.87. The molecule has 1 aliphatic rings. The molecule has 0 radical (unpaired) electrons. The molecule has 0 amide bonds. The molecule has 0 bridgehead atoms. The topological polar surface area (TPSA) is 25.8 Å². The fourth-order valence-electron chi connectivity index (χ4n) is 4.19. The predicted octanol–water partition coefficient (Wildman–Crippen LogP) is 6.33. The van der Waals surface area contributed by atoms with Gasteiger partial charge in [0.2, 0.25) is 0 Å². The number of benzene rings is 1. The van der Waals surface area contributed by atoms with Gasteiger partial charge in [-0.05, 0) is 64.3 Å². The SMILES string of the molecule is CCc1cccc(C2C=C(c3cccnc3)C=C(c3cccnc3)C2CC)c1. The minimum atomic E-state index is 0.340. The zero-order chi connectivity index (χ0) is 19.3. The molecule has 0 N–H and O–H groups in total. The van der Waals surface area contributed by atoms with Crippen LogP contribution in [0.5, 0.6) is 0 Å². The van der Waals surface area contributed by atoms with E-state index >= 15 is 0 Å². The first-order valence-corrected chi connectivity index (χ1v) is 10.1. The van der Waals surface area contributed by atoms with Crippen molar-refractivity contribution in [1.82, 2.24) is 9.97 Å². The maximum absolute atomic E-state index is 4.38. The van der Waals surface area contributed by atoms with E-state index in [1.807, 2.05) is 36.9 Å². The van der Waals surface area contributed by atoms with E-state index in [9.17, 15) is 0 Å². The van der Waals surface area contributed by atoms with E-state index in [1.165, 1.54) is 27.8 Å². The van der Waals surface area contributed by atoms with Gasteiger partial charge >= 0.3 is 0 Å². The number of pyridine rings is 2. The fraction of sp³-hybridized carbons (Fsp3) is 0.231. The lowest BCUT2D eigenvalue weighted by Crippen LogP contribution is -2.17. The van der Waals surface area contributed by atoms with E-state index in [4.69, 9.17) is 0 Å². The number of aryl methyl sites for hydroxylation is 1. The molecule has 28 heavy (non-hydrogen) atoms. The maximum Gasteiger partial charge on any atom is 0.0346 e. The molecule has 0 saturated heterocycles. The molecule has 0 saturated carbocycles. The third-order valence-corrected chi connectivity index (χ3v) is 5.68. The summed E-state index contributed by atoms with van der Waals surface area (Å²) >= 11 is 0. The van der Waals surface area contributed by atoms with Crippen molar-refractivity contribution in [2.45, 2.75) is 32.6 Å². The first-order chi connectivity index (χ1) is 13.8. The van der Waals surface area contributed by atoms with Crippen molar-refractivity contribution in [2.24, 2.45) is 5.92 Å². The first-order valence-electron chi connectivity index (χ1n) is 10.1. The Morgan fingerprint density at radius 3 is 2.25 bits per heavy atom. The highest BCUT2D eigenvalue weighted by atomic mass is 14.6. The average Bonchev–Trinajstić information content (AvgIpc) is 2.79. The first kappa shape index (κ1) is 18.4. The normalized spacial score (nSPS) is 19.1. The van der Waals surface area contributed by atoms with Crippen molar-refractivity contribution in [3.8, 4) is 0 Å². The molecule has 2 aromatic heterocycles. The molecule has 2 heterocycles. The standard InChI is InChI=1S/C26H26N2/c1-3-19-8-5-9-20(14-19)25-15-23(21-10-6-12-27-17-21)16-26(24(25)4-2)22-11-7-13-28-18-22/h5-18,24-25H,3-4H2,1-2H3. The van der Waals surface area contributed by atoms with E-state index in [-0.39, 0.29) is 0 Å². The number of nitrogens with zero attached hydrogens (tertiary/aromatic N) is 2. The molecule has 0 aliphatic heterocycles. The molecule has 1 aromatic carbocycles. The Morgan fingerprint density at radius 2 is 1.61 bits per heavy atom. The lowest BCUT2D eigenvalue weighted by atomic mass is 9.72. The largest absolute Gasteiger partial charge is 0.264 e. The van der Waals surface area contributed by atoms with Crippen molar-refractivity contribution < 1.29 is 0 Å². The second-order valence-corrected chi connectivity index (χ2v) is 7.34. The van der Waals surface area contributed by atoms with Crippen LogP contribution in [0.2, 0.25) is 0 Å². The molecular weight excluding hydrogens is 340 g/mol. The Morgan fingerprint density at radius 1 is 0.857 bits per heavy atom. The van der Waals surface area contributed by atoms with Gasteiger partial charge in [0.1, 0.15) is 0 Å². The third-order valence-electron chi connectivity index (χ3n) is 5.68. The van der Waals surface area contributed by atoms with Crippen LogP contribution in [-0.4, -0.2) is 9.97 Å². The third kappa shape index (κ3) is 3.68. The number of hydrogen-bond acceptors (Lipinski definition) is 2. The van der Waals surface area contributed by atoms with Gasteiger partial charge < -0.3 is 0 Å². The molecule has 2 heteroatoms. The monoisotopic (exact) mass is 366 g/mol. The Labute approximate surface area is 167 Å². The van der Waals surface area contributed by atoms with Crippen LogP contribution in [-0.2, 0) is 6.42 Å². The van der Waals surface area contributed by atoms with Crippen LogP contribution in [0.25, 0.3) is 11.1 Å². The summed E-state index contributed by atoms with van der Waals surface area (Å²) in [6, 6.07) is 17.4. The van der Waals surface area contributed by atoms with Gasteiger partial charge in [0.05, 0.1) is 0 Å². The highest BCUT2D eigenvalue weighted by Crippen LogP contribution is 2.44. The van der Waals surface area contributed by atoms with Crippen molar-refractivity contribution in [2.75, 3.05) is 0 Å². The van der Waals surface area contributed by atoms with Gasteiger partial charge in [-0.2, -0.15) is 0 Å². The van der Waals surface area contributed by atoms with Crippen LogP contribution >= 0.6 is 0 Å². The van der Waals surface area contributed by atoms with Crippen LogP contribution in [0.1, 0.15) is 48.4 Å². The summed E-state index contributed by atoms with van der Waals surface area (Å²) in [7, 11) is 0. The summed E-state index contributed by atoms with van der Waals surface area (Å²) < 4.78 is 0. The van der Waals surface area contributed by atoms with Gasteiger partial charge in [-0.15, -0.1) is 0 Å². The van der Waals surface area contributed by atoms with E-state index < -0.39 is 0 Å².